The van der Waals surface area contributed by atoms with Crippen LogP contribution in [0.15, 0.2) is 72.9 Å². The first-order valence-electron chi connectivity index (χ1n) is 10.5. The van der Waals surface area contributed by atoms with Crippen molar-refractivity contribution in [1.29, 1.82) is 0 Å². The summed E-state index contributed by atoms with van der Waals surface area (Å²) in [4.78, 5) is 31.2. The molecule has 6 nitrogen and oxygen atoms in total. The van der Waals surface area contributed by atoms with E-state index in [9.17, 15) is 9.59 Å². The number of nitrogens with two attached hydrogens (primary N) is 1. The van der Waals surface area contributed by atoms with Crippen LogP contribution in [0.3, 0.4) is 0 Å². The standard InChI is InChI=1S/C25H26N4O2/c26-23(30)19-12-15-29(16-13-19)24-20(9-6-14-27-24)17-28-25(31)22-11-5-4-10-21(22)18-7-2-1-3-8-18/h1-11,14,19H,12-13,15-17H2,(H2,26,30)(H,28,31). The fourth-order valence-electron chi connectivity index (χ4n) is 4.05. The highest BCUT2D eigenvalue weighted by atomic mass is 16.2. The van der Waals surface area contributed by atoms with Crippen molar-refractivity contribution in [2.24, 2.45) is 11.7 Å². The number of primary amides is 1. The molecule has 1 fully saturated rings. The zero-order valence-corrected chi connectivity index (χ0v) is 17.3. The third kappa shape index (κ3) is 4.74. The molecule has 0 aliphatic carbocycles. The molecule has 0 unspecified atom stereocenters. The zero-order valence-electron chi connectivity index (χ0n) is 17.3. The van der Waals surface area contributed by atoms with Crippen LogP contribution in [0.25, 0.3) is 11.1 Å². The van der Waals surface area contributed by atoms with E-state index in [-0.39, 0.29) is 17.7 Å². The molecule has 1 aliphatic rings. The van der Waals surface area contributed by atoms with Crippen molar-refractivity contribution in [3.8, 4) is 11.1 Å². The molecule has 1 saturated heterocycles. The second kappa shape index (κ2) is 9.43. The Hall–Kier alpha value is -3.67. The Bertz CT molecular complexity index is 1060. The lowest BCUT2D eigenvalue weighted by Crippen LogP contribution is -2.39. The van der Waals surface area contributed by atoms with Gasteiger partial charge in [-0.2, -0.15) is 0 Å². The number of anilines is 1. The summed E-state index contributed by atoms with van der Waals surface area (Å²) in [7, 11) is 0. The lowest BCUT2D eigenvalue weighted by Gasteiger charge is -2.32. The van der Waals surface area contributed by atoms with Gasteiger partial charge in [-0.1, -0.05) is 54.6 Å². The molecular formula is C25H26N4O2. The monoisotopic (exact) mass is 414 g/mol. The molecule has 3 N–H and O–H groups in total. The van der Waals surface area contributed by atoms with E-state index < -0.39 is 0 Å². The zero-order chi connectivity index (χ0) is 21.6. The highest BCUT2D eigenvalue weighted by molar-refractivity contribution is 6.00. The van der Waals surface area contributed by atoms with Crippen LogP contribution in [-0.2, 0) is 11.3 Å². The summed E-state index contributed by atoms with van der Waals surface area (Å²) in [5.41, 5.74) is 8.95. The number of amides is 2. The summed E-state index contributed by atoms with van der Waals surface area (Å²) >= 11 is 0. The molecule has 0 radical (unpaired) electrons. The van der Waals surface area contributed by atoms with Crippen LogP contribution in [0.2, 0.25) is 0 Å². The number of nitrogens with one attached hydrogen (secondary N) is 1. The number of pyridine rings is 1. The molecule has 2 amide bonds. The molecular weight excluding hydrogens is 388 g/mol. The van der Waals surface area contributed by atoms with Crippen molar-refractivity contribution in [3.63, 3.8) is 0 Å². The van der Waals surface area contributed by atoms with Crippen LogP contribution in [-0.4, -0.2) is 29.9 Å². The van der Waals surface area contributed by atoms with E-state index in [0.717, 1.165) is 48.4 Å². The van der Waals surface area contributed by atoms with Gasteiger partial charge >= 0.3 is 0 Å². The third-order valence-electron chi connectivity index (χ3n) is 5.76. The summed E-state index contributed by atoms with van der Waals surface area (Å²) < 4.78 is 0. The van der Waals surface area contributed by atoms with E-state index in [1.807, 2.05) is 66.7 Å². The quantitative estimate of drug-likeness (QED) is 0.647. The van der Waals surface area contributed by atoms with E-state index in [2.05, 4.69) is 15.2 Å². The molecule has 1 aliphatic heterocycles. The van der Waals surface area contributed by atoms with Gasteiger partial charge in [0.2, 0.25) is 5.91 Å². The van der Waals surface area contributed by atoms with Crippen molar-refractivity contribution in [3.05, 3.63) is 84.1 Å². The van der Waals surface area contributed by atoms with E-state index in [4.69, 9.17) is 5.73 Å². The maximum absolute atomic E-state index is 13.0. The number of hydrogen-bond acceptors (Lipinski definition) is 4. The molecule has 31 heavy (non-hydrogen) atoms. The minimum Gasteiger partial charge on any atom is -0.369 e. The molecule has 2 heterocycles. The second-order valence-corrected chi connectivity index (χ2v) is 7.74. The maximum atomic E-state index is 13.0. The molecule has 6 heteroatoms. The molecule has 4 rings (SSSR count). The summed E-state index contributed by atoms with van der Waals surface area (Å²) in [5, 5.41) is 3.05. The first-order chi connectivity index (χ1) is 15.1. The fraction of sp³-hybridized carbons (Fsp3) is 0.240. The Morgan fingerprint density at radius 3 is 2.42 bits per heavy atom. The van der Waals surface area contributed by atoms with Gasteiger partial charge in [0.05, 0.1) is 0 Å². The highest BCUT2D eigenvalue weighted by Gasteiger charge is 2.25. The fourth-order valence-corrected chi connectivity index (χ4v) is 4.05. The van der Waals surface area contributed by atoms with Crippen LogP contribution in [0.4, 0.5) is 5.82 Å². The van der Waals surface area contributed by atoms with Gasteiger partial charge in [-0.15, -0.1) is 0 Å². The van der Waals surface area contributed by atoms with Crippen LogP contribution >= 0.6 is 0 Å². The van der Waals surface area contributed by atoms with Crippen LogP contribution in [0, 0.1) is 5.92 Å². The van der Waals surface area contributed by atoms with Crippen molar-refractivity contribution in [1.82, 2.24) is 10.3 Å². The van der Waals surface area contributed by atoms with Gasteiger partial charge in [0.15, 0.2) is 0 Å². The van der Waals surface area contributed by atoms with Gasteiger partial charge in [0.1, 0.15) is 5.82 Å². The summed E-state index contributed by atoms with van der Waals surface area (Å²) in [5.74, 6) is 0.423. The Balaban J connectivity index is 1.48. The minimum absolute atomic E-state index is 0.0717. The minimum atomic E-state index is -0.231. The lowest BCUT2D eigenvalue weighted by atomic mass is 9.96. The number of rotatable bonds is 6. The van der Waals surface area contributed by atoms with E-state index in [1.54, 1.807) is 6.20 Å². The van der Waals surface area contributed by atoms with E-state index in [1.165, 1.54) is 0 Å². The van der Waals surface area contributed by atoms with Crippen molar-refractivity contribution in [2.45, 2.75) is 19.4 Å². The molecule has 0 spiro atoms. The molecule has 1 aromatic heterocycles. The lowest BCUT2D eigenvalue weighted by molar-refractivity contribution is -0.122. The number of hydrogen-bond donors (Lipinski definition) is 2. The second-order valence-electron chi connectivity index (χ2n) is 7.74. The van der Waals surface area contributed by atoms with Crippen LogP contribution < -0.4 is 16.0 Å². The average Bonchev–Trinajstić information content (AvgIpc) is 2.83. The number of carbonyl (C=O) groups is 2. The van der Waals surface area contributed by atoms with Crippen molar-refractivity contribution < 1.29 is 9.59 Å². The normalized spacial score (nSPS) is 14.3. The molecule has 3 aromatic rings. The van der Waals surface area contributed by atoms with Crippen LogP contribution in [0.5, 0.6) is 0 Å². The van der Waals surface area contributed by atoms with Gasteiger partial charge < -0.3 is 16.0 Å². The number of piperidine rings is 1. The largest absolute Gasteiger partial charge is 0.369 e. The van der Waals surface area contributed by atoms with E-state index >= 15 is 0 Å². The van der Waals surface area contributed by atoms with Gasteiger partial charge in [-0.05, 0) is 36.1 Å². The first-order valence-corrected chi connectivity index (χ1v) is 10.5. The van der Waals surface area contributed by atoms with Gasteiger partial charge in [0, 0.05) is 42.9 Å². The predicted octanol–water partition coefficient (Wildman–Crippen LogP) is 3.38. The van der Waals surface area contributed by atoms with Gasteiger partial charge in [-0.25, -0.2) is 4.98 Å². The van der Waals surface area contributed by atoms with Crippen LogP contribution in [0.1, 0.15) is 28.8 Å². The first kappa shape index (κ1) is 20.6. The van der Waals surface area contributed by atoms with Gasteiger partial charge in [0.25, 0.3) is 5.91 Å². The molecule has 0 atom stereocenters. The highest BCUT2D eigenvalue weighted by Crippen LogP contribution is 2.26. The van der Waals surface area contributed by atoms with Gasteiger partial charge in [-0.3, -0.25) is 9.59 Å². The van der Waals surface area contributed by atoms with E-state index in [0.29, 0.717) is 12.1 Å². The predicted molar refractivity (Wildman–Crippen MR) is 121 cm³/mol. The summed E-state index contributed by atoms with van der Waals surface area (Å²) in [6.07, 6.45) is 3.20. The topological polar surface area (TPSA) is 88.3 Å². The molecule has 0 saturated carbocycles. The van der Waals surface area contributed by atoms with Crippen molar-refractivity contribution in [2.75, 3.05) is 18.0 Å². The Labute approximate surface area is 182 Å². The number of benzene rings is 2. The van der Waals surface area contributed by atoms with Crippen molar-refractivity contribution >= 4 is 17.6 Å². The maximum Gasteiger partial charge on any atom is 0.252 e. The average molecular weight is 415 g/mol. The number of carbonyl (C=O) groups excluding carboxylic acids is 2. The Morgan fingerprint density at radius 1 is 0.968 bits per heavy atom. The summed E-state index contributed by atoms with van der Waals surface area (Å²) in [6.45, 7) is 1.83. The summed E-state index contributed by atoms with van der Waals surface area (Å²) in [6, 6.07) is 21.4. The Morgan fingerprint density at radius 2 is 1.68 bits per heavy atom. The number of aromatic nitrogens is 1. The third-order valence-corrected chi connectivity index (χ3v) is 5.76. The molecule has 158 valence electrons. The molecule has 0 bridgehead atoms. The molecule has 2 aromatic carbocycles. The number of nitrogens with zero attached hydrogens (tertiary/aromatic N) is 2. The Kier molecular flexibility index (Phi) is 6.26. The SMILES string of the molecule is NC(=O)C1CCN(c2ncccc2CNC(=O)c2ccccc2-c2ccccc2)CC1. The smallest absolute Gasteiger partial charge is 0.252 e.